The minimum Gasteiger partial charge on any atom is -0.352 e. The number of halogens is 1. The molecule has 0 aliphatic carbocycles. The molecule has 3 aromatic carbocycles. The molecule has 5 rings (SSSR count). The van der Waals surface area contributed by atoms with Gasteiger partial charge in [0, 0.05) is 37.1 Å². The van der Waals surface area contributed by atoms with Gasteiger partial charge in [0.05, 0.1) is 16.1 Å². The number of aryl methyl sites for hydroxylation is 1. The van der Waals surface area contributed by atoms with Gasteiger partial charge in [-0.05, 0) is 31.2 Å². The monoisotopic (exact) mass is 442 g/mol. The summed E-state index contributed by atoms with van der Waals surface area (Å²) in [5, 5.41) is 1.51. The standard InChI is InChI=1S/C26H23ClN4O/c1-18-10-12-19(13-11-18)24-28-23-9-5-3-7-21(23)25(29-24)30-14-16-31(17-15-30)26(32)20-6-2-4-8-22(20)27/h2-13H,14-17H2,1H3. The lowest BCUT2D eigenvalue weighted by atomic mass is 10.1. The molecule has 1 fully saturated rings. The zero-order valence-corrected chi connectivity index (χ0v) is 18.6. The Morgan fingerprint density at radius 2 is 1.53 bits per heavy atom. The third kappa shape index (κ3) is 3.92. The maximum atomic E-state index is 12.9. The average molecular weight is 443 g/mol. The fraction of sp³-hybridized carbons (Fsp3) is 0.192. The van der Waals surface area contributed by atoms with Crippen molar-refractivity contribution in [1.29, 1.82) is 0 Å². The van der Waals surface area contributed by atoms with Crippen molar-refractivity contribution >= 4 is 34.2 Å². The van der Waals surface area contributed by atoms with E-state index in [1.165, 1.54) is 5.56 Å². The van der Waals surface area contributed by atoms with Crippen molar-refractivity contribution in [3.63, 3.8) is 0 Å². The van der Waals surface area contributed by atoms with Crippen molar-refractivity contribution in [3.8, 4) is 11.4 Å². The highest BCUT2D eigenvalue weighted by Gasteiger charge is 2.25. The van der Waals surface area contributed by atoms with Crippen LogP contribution in [0.2, 0.25) is 5.02 Å². The molecule has 1 saturated heterocycles. The number of hydrogen-bond donors (Lipinski definition) is 0. The van der Waals surface area contributed by atoms with Crippen LogP contribution < -0.4 is 4.90 Å². The van der Waals surface area contributed by atoms with Crippen LogP contribution in [0, 0.1) is 6.92 Å². The molecule has 0 N–H and O–H groups in total. The quantitative estimate of drug-likeness (QED) is 0.436. The van der Waals surface area contributed by atoms with Gasteiger partial charge >= 0.3 is 0 Å². The predicted molar refractivity (Wildman–Crippen MR) is 129 cm³/mol. The summed E-state index contributed by atoms with van der Waals surface area (Å²) in [6.07, 6.45) is 0. The molecule has 160 valence electrons. The van der Waals surface area contributed by atoms with Gasteiger partial charge in [0.1, 0.15) is 5.82 Å². The number of benzene rings is 3. The SMILES string of the molecule is Cc1ccc(-c2nc(N3CCN(C(=O)c4ccccc4Cl)CC3)c3ccccc3n2)cc1. The topological polar surface area (TPSA) is 49.3 Å². The number of piperazine rings is 1. The molecule has 1 amide bonds. The van der Waals surface area contributed by atoms with Crippen LogP contribution in [-0.4, -0.2) is 47.0 Å². The van der Waals surface area contributed by atoms with Crippen LogP contribution in [-0.2, 0) is 0 Å². The van der Waals surface area contributed by atoms with Crippen LogP contribution in [0.15, 0.2) is 72.8 Å². The summed E-state index contributed by atoms with van der Waals surface area (Å²) in [6.45, 7) is 4.69. The molecular weight excluding hydrogens is 420 g/mol. The first-order chi connectivity index (χ1) is 15.6. The summed E-state index contributed by atoms with van der Waals surface area (Å²) in [5.41, 5.74) is 3.67. The van der Waals surface area contributed by atoms with E-state index in [9.17, 15) is 4.79 Å². The van der Waals surface area contributed by atoms with Gasteiger partial charge in [-0.15, -0.1) is 0 Å². The summed E-state index contributed by atoms with van der Waals surface area (Å²) in [4.78, 5) is 26.8. The van der Waals surface area contributed by atoms with Crippen LogP contribution in [0.4, 0.5) is 5.82 Å². The van der Waals surface area contributed by atoms with Crippen LogP contribution in [0.5, 0.6) is 0 Å². The number of hydrogen-bond acceptors (Lipinski definition) is 4. The van der Waals surface area contributed by atoms with Gasteiger partial charge in [-0.1, -0.05) is 65.7 Å². The zero-order valence-electron chi connectivity index (χ0n) is 17.8. The highest BCUT2D eigenvalue weighted by Crippen LogP contribution is 2.29. The fourth-order valence-electron chi connectivity index (χ4n) is 4.06. The number of nitrogens with zero attached hydrogens (tertiary/aromatic N) is 4. The lowest BCUT2D eigenvalue weighted by Gasteiger charge is -2.36. The molecule has 1 aliphatic heterocycles. The minimum absolute atomic E-state index is 0.0249. The molecule has 0 spiro atoms. The van der Waals surface area contributed by atoms with Gasteiger partial charge in [0.15, 0.2) is 5.82 Å². The van der Waals surface area contributed by atoms with Crippen molar-refractivity contribution in [2.75, 3.05) is 31.1 Å². The van der Waals surface area contributed by atoms with Crippen LogP contribution in [0.1, 0.15) is 15.9 Å². The number of carbonyl (C=O) groups excluding carboxylic acids is 1. The second-order valence-corrected chi connectivity index (χ2v) is 8.42. The van der Waals surface area contributed by atoms with E-state index in [1.54, 1.807) is 12.1 Å². The van der Waals surface area contributed by atoms with Gasteiger partial charge in [0.25, 0.3) is 5.91 Å². The Bertz CT molecular complexity index is 1280. The van der Waals surface area contributed by atoms with E-state index < -0.39 is 0 Å². The molecule has 0 atom stereocenters. The molecule has 1 aliphatic rings. The highest BCUT2D eigenvalue weighted by molar-refractivity contribution is 6.33. The van der Waals surface area contributed by atoms with E-state index in [0.717, 1.165) is 22.3 Å². The maximum Gasteiger partial charge on any atom is 0.255 e. The Morgan fingerprint density at radius 1 is 0.844 bits per heavy atom. The van der Waals surface area contributed by atoms with Crippen molar-refractivity contribution in [1.82, 2.24) is 14.9 Å². The van der Waals surface area contributed by atoms with Crippen LogP contribution in [0.3, 0.4) is 0 Å². The fourth-order valence-corrected chi connectivity index (χ4v) is 4.28. The van der Waals surface area contributed by atoms with Gasteiger partial charge < -0.3 is 9.80 Å². The van der Waals surface area contributed by atoms with Gasteiger partial charge in [-0.25, -0.2) is 9.97 Å². The van der Waals surface area contributed by atoms with Crippen LogP contribution in [0.25, 0.3) is 22.3 Å². The third-order valence-electron chi connectivity index (χ3n) is 5.86. The van der Waals surface area contributed by atoms with Gasteiger partial charge in [-0.3, -0.25) is 4.79 Å². The molecule has 0 bridgehead atoms. The van der Waals surface area contributed by atoms with Crippen molar-refractivity contribution < 1.29 is 4.79 Å². The molecule has 0 unspecified atom stereocenters. The number of anilines is 1. The Morgan fingerprint density at radius 3 is 2.28 bits per heavy atom. The van der Waals surface area contributed by atoms with Gasteiger partial charge in [0.2, 0.25) is 0 Å². The second-order valence-electron chi connectivity index (χ2n) is 8.01. The Hall–Kier alpha value is -3.44. The van der Waals surface area contributed by atoms with E-state index in [2.05, 4.69) is 42.2 Å². The van der Waals surface area contributed by atoms with E-state index in [1.807, 2.05) is 35.2 Å². The lowest BCUT2D eigenvalue weighted by Crippen LogP contribution is -2.49. The van der Waals surface area contributed by atoms with E-state index in [4.69, 9.17) is 21.6 Å². The molecule has 5 nitrogen and oxygen atoms in total. The first-order valence-corrected chi connectivity index (χ1v) is 11.1. The van der Waals surface area contributed by atoms with Crippen molar-refractivity contribution in [2.24, 2.45) is 0 Å². The maximum absolute atomic E-state index is 12.9. The number of fused-ring (bicyclic) bond motifs is 1. The third-order valence-corrected chi connectivity index (χ3v) is 6.19. The summed E-state index contributed by atoms with van der Waals surface area (Å²) in [5.74, 6) is 1.60. The van der Waals surface area contributed by atoms with E-state index >= 15 is 0 Å². The Balaban J connectivity index is 1.43. The molecular formula is C26H23ClN4O. The Labute approximate surface area is 192 Å². The molecule has 1 aromatic heterocycles. The largest absolute Gasteiger partial charge is 0.352 e. The number of amides is 1. The van der Waals surface area contributed by atoms with Crippen LogP contribution >= 0.6 is 11.6 Å². The zero-order chi connectivity index (χ0) is 22.1. The van der Waals surface area contributed by atoms with E-state index in [-0.39, 0.29) is 5.91 Å². The first-order valence-electron chi connectivity index (χ1n) is 10.7. The average Bonchev–Trinajstić information content (AvgIpc) is 2.84. The highest BCUT2D eigenvalue weighted by atomic mass is 35.5. The molecule has 32 heavy (non-hydrogen) atoms. The molecule has 4 aromatic rings. The summed E-state index contributed by atoms with van der Waals surface area (Å²) in [6, 6.07) is 23.6. The smallest absolute Gasteiger partial charge is 0.255 e. The van der Waals surface area contributed by atoms with Crippen molar-refractivity contribution in [3.05, 3.63) is 88.9 Å². The summed E-state index contributed by atoms with van der Waals surface area (Å²) in [7, 11) is 0. The first kappa shape index (κ1) is 20.5. The number of rotatable bonds is 3. The number of carbonyl (C=O) groups is 1. The number of para-hydroxylation sites is 1. The molecule has 2 heterocycles. The molecule has 0 radical (unpaired) electrons. The van der Waals surface area contributed by atoms with Crippen molar-refractivity contribution in [2.45, 2.75) is 6.92 Å². The van der Waals surface area contributed by atoms with E-state index in [0.29, 0.717) is 42.6 Å². The normalized spacial score (nSPS) is 14.1. The predicted octanol–water partition coefficient (Wildman–Crippen LogP) is 5.22. The lowest BCUT2D eigenvalue weighted by molar-refractivity contribution is 0.0747. The van der Waals surface area contributed by atoms with Gasteiger partial charge in [-0.2, -0.15) is 0 Å². The molecule has 0 saturated carbocycles. The Kier molecular flexibility index (Phi) is 5.50. The number of aromatic nitrogens is 2. The summed E-state index contributed by atoms with van der Waals surface area (Å²) < 4.78 is 0. The molecule has 6 heteroatoms. The minimum atomic E-state index is -0.0249. The second kappa shape index (κ2) is 8.60. The summed E-state index contributed by atoms with van der Waals surface area (Å²) >= 11 is 6.24.